The third-order valence-corrected chi connectivity index (χ3v) is 4.04. The molecule has 0 bridgehead atoms. The van der Waals surface area contributed by atoms with Gasteiger partial charge < -0.3 is 5.32 Å². The standard InChI is InChI=1S/C12H19N6O2/c1-15-8-9(16(2)12(20)17(3)10(8)19)14-11(15)18-6-4-13-5-7-18/h8,13H,4-7H2,1-3H3/q+1. The van der Waals surface area contributed by atoms with Crippen molar-refractivity contribution in [1.29, 1.82) is 0 Å². The highest BCUT2D eigenvalue weighted by molar-refractivity contribution is 6.25. The number of aliphatic imine (C=N–C) groups is 1. The summed E-state index contributed by atoms with van der Waals surface area (Å²) in [6.45, 7) is 3.50. The van der Waals surface area contributed by atoms with Crippen LogP contribution in [0, 0.1) is 0 Å². The summed E-state index contributed by atoms with van der Waals surface area (Å²) in [5.41, 5.74) is 0. The predicted octanol–water partition coefficient (Wildman–Crippen LogP) is -1.81. The van der Waals surface area contributed by atoms with Crippen LogP contribution in [0.3, 0.4) is 0 Å². The van der Waals surface area contributed by atoms with E-state index in [0.29, 0.717) is 5.84 Å². The highest BCUT2D eigenvalue weighted by Crippen LogP contribution is 2.21. The number of amides is 3. The van der Waals surface area contributed by atoms with Crippen LogP contribution in [0.15, 0.2) is 4.99 Å². The fourth-order valence-corrected chi connectivity index (χ4v) is 2.82. The summed E-state index contributed by atoms with van der Waals surface area (Å²) >= 11 is 0. The Morgan fingerprint density at radius 1 is 1.15 bits per heavy atom. The summed E-state index contributed by atoms with van der Waals surface area (Å²) in [7, 11) is 5.02. The Balaban J connectivity index is 2.02. The van der Waals surface area contributed by atoms with Gasteiger partial charge in [-0.15, -0.1) is 0 Å². The molecule has 1 unspecified atom stereocenters. The van der Waals surface area contributed by atoms with Gasteiger partial charge in [-0.1, -0.05) is 4.99 Å². The smallest absolute Gasteiger partial charge is 0.310 e. The Morgan fingerprint density at radius 3 is 2.45 bits per heavy atom. The van der Waals surface area contributed by atoms with Crippen molar-refractivity contribution in [3.63, 3.8) is 0 Å². The number of likely N-dealkylation sites (N-methyl/N-ethyl adjacent to an activating group) is 3. The van der Waals surface area contributed by atoms with Gasteiger partial charge in [-0.3, -0.25) is 19.2 Å². The molecule has 0 saturated carbocycles. The first-order valence-electron chi connectivity index (χ1n) is 6.71. The zero-order valence-electron chi connectivity index (χ0n) is 12.0. The van der Waals surface area contributed by atoms with Crippen molar-refractivity contribution >= 4 is 23.7 Å². The summed E-state index contributed by atoms with van der Waals surface area (Å²) in [4.78, 5) is 33.3. The lowest BCUT2D eigenvalue weighted by atomic mass is 10.1. The summed E-state index contributed by atoms with van der Waals surface area (Å²) in [6, 6.07) is -0.826. The second-order valence-electron chi connectivity index (χ2n) is 5.26. The van der Waals surface area contributed by atoms with Gasteiger partial charge in [-0.25, -0.2) is 9.69 Å². The number of urea groups is 1. The third-order valence-electron chi connectivity index (χ3n) is 4.04. The van der Waals surface area contributed by atoms with Gasteiger partial charge in [-0.05, 0) is 0 Å². The second kappa shape index (κ2) is 4.55. The van der Waals surface area contributed by atoms with Crippen LogP contribution >= 0.6 is 0 Å². The minimum atomic E-state index is -0.493. The van der Waals surface area contributed by atoms with Crippen LogP contribution in [0.5, 0.6) is 0 Å². The summed E-state index contributed by atoms with van der Waals surface area (Å²) in [6.07, 6.45) is 0. The van der Waals surface area contributed by atoms with E-state index in [1.54, 1.807) is 7.05 Å². The summed E-state index contributed by atoms with van der Waals surface area (Å²) < 4.78 is 2.15. The minimum Gasteiger partial charge on any atom is -0.310 e. The number of fused-ring (bicyclic) bond motifs is 1. The Labute approximate surface area is 117 Å². The monoisotopic (exact) mass is 279 g/mol. The molecule has 0 aromatic heterocycles. The number of piperazine rings is 1. The number of nitrogens with zero attached hydrogens (tertiary/aromatic N) is 5. The molecule has 1 atom stereocenters. The molecule has 108 valence electrons. The van der Waals surface area contributed by atoms with E-state index in [1.807, 2.05) is 11.9 Å². The molecule has 0 aliphatic carbocycles. The SMILES string of the molecule is CN1C(=O)C2C(=NC(=[N+]3CCNCC3)N2C)N(C)C1=O. The number of hydrogen-bond acceptors (Lipinski definition) is 3. The van der Waals surface area contributed by atoms with Crippen molar-refractivity contribution in [3.8, 4) is 0 Å². The predicted molar refractivity (Wildman–Crippen MR) is 72.8 cm³/mol. The van der Waals surface area contributed by atoms with Crippen molar-refractivity contribution in [3.05, 3.63) is 0 Å². The maximum atomic E-state index is 12.3. The fourth-order valence-electron chi connectivity index (χ4n) is 2.82. The highest BCUT2D eigenvalue weighted by Gasteiger charge is 2.53. The van der Waals surface area contributed by atoms with Crippen LogP contribution in [0.25, 0.3) is 0 Å². The average Bonchev–Trinajstić information content (AvgIpc) is 2.81. The molecule has 2 saturated heterocycles. The summed E-state index contributed by atoms with van der Waals surface area (Å²) in [5.74, 6) is 1.07. The topological polar surface area (TPSA) is 71.3 Å². The number of rotatable bonds is 0. The van der Waals surface area contributed by atoms with E-state index >= 15 is 0 Å². The van der Waals surface area contributed by atoms with Gasteiger partial charge in [0.05, 0.1) is 20.1 Å². The lowest BCUT2D eigenvalue weighted by Crippen LogP contribution is -2.62. The van der Waals surface area contributed by atoms with Crippen molar-refractivity contribution in [1.82, 2.24) is 20.0 Å². The van der Waals surface area contributed by atoms with Crippen molar-refractivity contribution < 1.29 is 14.2 Å². The molecule has 0 spiro atoms. The Kier molecular flexibility index (Phi) is 2.97. The molecule has 3 heterocycles. The Morgan fingerprint density at radius 2 is 1.80 bits per heavy atom. The second-order valence-corrected chi connectivity index (χ2v) is 5.26. The minimum absolute atomic E-state index is 0.223. The molecule has 3 aliphatic heterocycles. The zero-order chi connectivity index (χ0) is 14.4. The average molecular weight is 279 g/mol. The first kappa shape index (κ1) is 13.0. The largest absolute Gasteiger partial charge is 0.392 e. The number of imide groups is 1. The molecule has 0 aromatic carbocycles. The molecule has 8 nitrogen and oxygen atoms in total. The first-order chi connectivity index (χ1) is 9.52. The van der Waals surface area contributed by atoms with E-state index in [-0.39, 0.29) is 11.9 Å². The van der Waals surface area contributed by atoms with E-state index in [1.165, 1.54) is 11.9 Å². The van der Waals surface area contributed by atoms with Crippen molar-refractivity contribution in [2.45, 2.75) is 6.04 Å². The number of nitrogens with one attached hydrogen (secondary N) is 1. The molecule has 2 fully saturated rings. The maximum absolute atomic E-state index is 12.3. The van der Waals surface area contributed by atoms with E-state index < -0.39 is 6.04 Å². The van der Waals surface area contributed by atoms with Crippen LogP contribution in [0.1, 0.15) is 0 Å². The Hall–Kier alpha value is -1.96. The molecular weight excluding hydrogens is 260 g/mol. The highest BCUT2D eigenvalue weighted by atomic mass is 16.2. The molecule has 0 radical (unpaired) electrons. The number of amidine groups is 1. The van der Waals surface area contributed by atoms with E-state index in [0.717, 1.165) is 37.0 Å². The van der Waals surface area contributed by atoms with E-state index in [9.17, 15) is 9.59 Å². The van der Waals surface area contributed by atoms with Gasteiger partial charge >= 0.3 is 12.0 Å². The molecule has 0 aromatic rings. The number of hydrogen-bond donors (Lipinski definition) is 1. The molecule has 3 amide bonds. The first-order valence-corrected chi connectivity index (χ1v) is 6.71. The van der Waals surface area contributed by atoms with Crippen LogP contribution < -0.4 is 5.32 Å². The Bertz CT molecular complexity index is 532. The molecule has 1 N–H and O–H groups in total. The van der Waals surface area contributed by atoms with Gasteiger partial charge in [0, 0.05) is 27.2 Å². The number of carbonyl (C=O) groups excluding carboxylic acids is 2. The van der Waals surface area contributed by atoms with Crippen LogP contribution in [-0.2, 0) is 4.79 Å². The summed E-state index contributed by atoms with van der Waals surface area (Å²) in [5, 5.41) is 3.29. The number of carbonyl (C=O) groups is 2. The molecule has 20 heavy (non-hydrogen) atoms. The molecular formula is C12H19N6O2+. The van der Waals surface area contributed by atoms with Crippen molar-refractivity contribution in [2.75, 3.05) is 47.3 Å². The third kappa shape index (κ3) is 1.71. The molecule has 8 heteroatoms. The van der Waals surface area contributed by atoms with Crippen molar-refractivity contribution in [2.24, 2.45) is 4.99 Å². The molecule has 3 rings (SSSR count). The van der Waals surface area contributed by atoms with E-state index in [4.69, 9.17) is 0 Å². The number of guanidine groups is 1. The maximum Gasteiger partial charge on any atom is 0.392 e. The van der Waals surface area contributed by atoms with Gasteiger partial charge in [0.15, 0.2) is 0 Å². The van der Waals surface area contributed by atoms with Crippen LogP contribution in [0.2, 0.25) is 0 Å². The van der Waals surface area contributed by atoms with E-state index in [2.05, 4.69) is 14.9 Å². The van der Waals surface area contributed by atoms with Gasteiger partial charge in [0.1, 0.15) is 0 Å². The van der Waals surface area contributed by atoms with Crippen LogP contribution in [0.4, 0.5) is 4.79 Å². The normalized spacial score (nSPS) is 27.2. The lowest BCUT2D eigenvalue weighted by molar-refractivity contribution is -0.537. The van der Waals surface area contributed by atoms with Gasteiger partial charge in [0.25, 0.3) is 5.91 Å². The molecule has 3 aliphatic rings. The zero-order valence-corrected chi connectivity index (χ0v) is 12.0. The fraction of sp³-hybridized carbons (Fsp3) is 0.667. The quantitative estimate of drug-likeness (QED) is 0.531. The van der Waals surface area contributed by atoms with Gasteiger partial charge in [0.2, 0.25) is 11.9 Å². The lowest BCUT2D eigenvalue weighted by Gasteiger charge is -2.32. The van der Waals surface area contributed by atoms with Crippen LogP contribution in [-0.4, -0.2) is 96.4 Å². The van der Waals surface area contributed by atoms with Gasteiger partial charge in [-0.2, -0.15) is 0 Å².